The van der Waals surface area contributed by atoms with Crippen molar-refractivity contribution in [1.29, 1.82) is 10.5 Å². The molecule has 27 heavy (non-hydrogen) atoms. The Kier molecular flexibility index (Phi) is 8.17. The summed E-state index contributed by atoms with van der Waals surface area (Å²) in [4.78, 5) is 5.98. The molecule has 1 aromatic carbocycles. The normalized spacial score (nSPS) is 11.8. The first-order chi connectivity index (χ1) is 12.8. The van der Waals surface area contributed by atoms with E-state index < -0.39 is 0 Å². The summed E-state index contributed by atoms with van der Waals surface area (Å²) in [6.07, 6.45) is 3.47. The highest BCUT2D eigenvalue weighted by Crippen LogP contribution is 2.29. The lowest BCUT2D eigenvalue weighted by Gasteiger charge is -2.26. The first-order valence-electron chi connectivity index (χ1n) is 8.99. The van der Waals surface area contributed by atoms with Crippen LogP contribution in [0.2, 0.25) is 0 Å². The van der Waals surface area contributed by atoms with E-state index in [0.29, 0.717) is 16.8 Å². The molecule has 1 rings (SSSR count). The molecule has 142 valence electrons. The highest BCUT2D eigenvalue weighted by molar-refractivity contribution is 5.70. The van der Waals surface area contributed by atoms with Gasteiger partial charge in [0.15, 0.2) is 0 Å². The van der Waals surface area contributed by atoms with Gasteiger partial charge >= 0.3 is 0 Å². The maximum absolute atomic E-state index is 9.67. The minimum atomic E-state index is 0.496. The van der Waals surface area contributed by atoms with Crippen molar-refractivity contribution < 1.29 is 0 Å². The molecule has 0 fully saturated rings. The van der Waals surface area contributed by atoms with Crippen LogP contribution in [-0.4, -0.2) is 39.1 Å². The molecule has 0 saturated heterocycles. The lowest BCUT2D eigenvalue weighted by molar-refractivity contribution is 0.513. The van der Waals surface area contributed by atoms with E-state index >= 15 is 0 Å². The molecular formula is C22H29N5. The van der Waals surface area contributed by atoms with E-state index in [2.05, 4.69) is 37.5 Å². The van der Waals surface area contributed by atoms with Gasteiger partial charge in [-0.25, -0.2) is 0 Å². The average molecular weight is 364 g/mol. The van der Waals surface area contributed by atoms with Gasteiger partial charge < -0.3 is 14.7 Å². The fourth-order valence-corrected chi connectivity index (χ4v) is 2.75. The summed E-state index contributed by atoms with van der Waals surface area (Å²) < 4.78 is 0. The van der Waals surface area contributed by atoms with Crippen LogP contribution in [-0.2, 0) is 0 Å². The van der Waals surface area contributed by atoms with Crippen LogP contribution in [0.15, 0.2) is 53.9 Å². The third-order valence-corrected chi connectivity index (χ3v) is 4.60. The van der Waals surface area contributed by atoms with Gasteiger partial charge in [-0.3, -0.25) is 0 Å². The Balaban J connectivity index is 3.49. The van der Waals surface area contributed by atoms with E-state index in [1.54, 1.807) is 6.08 Å². The van der Waals surface area contributed by atoms with Crippen LogP contribution in [0.3, 0.4) is 0 Å². The Hall–Kier alpha value is -3.18. The largest absolute Gasteiger partial charge is 0.381 e. The summed E-state index contributed by atoms with van der Waals surface area (Å²) in [5.41, 5.74) is 4.43. The third kappa shape index (κ3) is 5.15. The van der Waals surface area contributed by atoms with Crippen molar-refractivity contribution >= 4 is 11.4 Å². The van der Waals surface area contributed by atoms with Gasteiger partial charge in [0.1, 0.15) is 12.1 Å². The first-order valence-corrected chi connectivity index (χ1v) is 8.99. The summed E-state index contributed by atoms with van der Waals surface area (Å²) in [7, 11) is 5.70. The number of hydrogen-bond donors (Lipinski definition) is 0. The average Bonchev–Trinajstić information content (AvgIpc) is 2.67. The Labute approximate surface area is 163 Å². The summed E-state index contributed by atoms with van der Waals surface area (Å²) in [5.74, 6) is 0. The zero-order valence-corrected chi connectivity index (χ0v) is 17.2. The molecular weight excluding hydrogens is 334 g/mol. The van der Waals surface area contributed by atoms with Crippen molar-refractivity contribution in [3.63, 3.8) is 0 Å². The van der Waals surface area contributed by atoms with E-state index in [1.165, 1.54) is 0 Å². The molecule has 0 unspecified atom stereocenters. The molecule has 0 aliphatic carbocycles. The quantitative estimate of drug-likeness (QED) is 0.510. The van der Waals surface area contributed by atoms with E-state index in [9.17, 15) is 10.5 Å². The maximum atomic E-state index is 9.67. The van der Waals surface area contributed by atoms with Crippen LogP contribution in [0.1, 0.15) is 26.3 Å². The zero-order chi connectivity index (χ0) is 20.6. The van der Waals surface area contributed by atoms with Gasteiger partial charge in [-0.2, -0.15) is 10.5 Å². The molecule has 5 heteroatoms. The Morgan fingerprint density at radius 2 is 1.78 bits per heavy atom. The number of nitriles is 2. The molecule has 0 spiro atoms. The van der Waals surface area contributed by atoms with E-state index in [4.69, 9.17) is 0 Å². The molecule has 0 N–H and O–H groups in total. The number of likely N-dealkylation sites (N-methyl/N-ethyl adjacent to an activating group) is 1. The second-order valence-corrected chi connectivity index (χ2v) is 6.34. The molecule has 0 aliphatic rings. The van der Waals surface area contributed by atoms with Crippen LogP contribution in [0.25, 0.3) is 0 Å². The predicted octanol–water partition coefficient (Wildman–Crippen LogP) is 4.27. The topological polar surface area (TPSA) is 57.3 Å². The molecule has 0 atom stereocenters. The van der Waals surface area contributed by atoms with Gasteiger partial charge in [-0.1, -0.05) is 6.58 Å². The summed E-state index contributed by atoms with van der Waals surface area (Å²) in [5, 5.41) is 19.3. The second kappa shape index (κ2) is 10.1. The Morgan fingerprint density at radius 3 is 2.22 bits per heavy atom. The lowest BCUT2D eigenvalue weighted by Crippen LogP contribution is -2.23. The van der Waals surface area contributed by atoms with Gasteiger partial charge in [0.05, 0.1) is 22.5 Å². The Morgan fingerprint density at radius 1 is 1.15 bits per heavy atom. The molecule has 1 aromatic rings. The Bertz CT molecular complexity index is 814. The molecule has 5 nitrogen and oxygen atoms in total. The smallest absolute Gasteiger partial charge is 0.101 e. The van der Waals surface area contributed by atoms with Crippen LogP contribution < -0.4 is 9.80 Å². The number of benzene rings is 1. The predicted molar refractivity (Wildman–Crippen MR) is 113 cm³/mol. The molecule has 0 aromatic heterocycles. The van der Waals surface area contributed by atoms with Gasteiger partial charge in [-0.05, 0) is 51.1 Å². The number of hydrogen-bond acceptors (Lipinski definition) is 5. The molecule has 0 saturated carbocycles. The van der Waals surface area contributed by atoms with Crippen molar-refractivity contribution in [2.24, 2.45) is 0 Å². The minimum Gasteiger partial charge on any atom is -0.381 e. The maximum Gasteiger partial charge on any atom is 0.101 e. The van der Waals surface area contributed by atoms with Crippen molar-refractivity contribution in [3.05, 3.63) is 59.5 Å². The van der Waals surface area contributed by atoms with Gasteiger partial charge in [0, 0.05) is 45.6 Å². The summed E-state index contributed by atoms with van der Waals surface area (Å²) in [6.45, 7) is 11.7. The number of nitrogens with zero attached hydrogens (tertiary/aromatic N) is 5. The third-order valence-electron chi connectivity index (χ3n) is 4.60. The second-order valence-electron chi connectivity index (χ2n) is 6.34. The standard InChI is InChI=1S/C22H29N5/c1-8-21(18(15-23)13-17(4)25(5)6)26(7)22-12-11-20(14-19(22)16-24)27(9-2)10-3/h8,11-14H,1,9-10H2,2-7H3/b17-13+,21-18-. The zero-order valence-electron chi connectivity index (χ0n) is 17.2. The van der Waals surface area contributed by atoms with Gasteiger partial charge in [0.25, 0.3) is 0 Å². The highest BCUT2D eigenvalue weighted by Gasteiger charge is 2.15. The van der Waals surface area contributed by atoms with Crippen molar-refractivity contribution in [2.75, 3.05) is 44.0 Å². The molecule has 0 heterocycles. The van der Waals surface area contributed by atoms with Crippen LogP contribution in [0.5, 0.6) is 0 Å². The molecule has 0 bridgehead atoms. The highest BCUT2D eigenvalue weighted by atomic mass is 15.1. The van der Waals surface area contributed by atoms with Gasteiger partial charge in [0.2, 0.25) is 0 Å². The molecule has 0 amide bonds. The first kappa shape index (κ1) is 21.9. The number of anilines is 2. The van der Waals surface area contributed by atoms with Crippen LogP contribution >= 0.6 is 0 Å². The number of allylic oxidation sites excluding steroid dienone is 4. The van der Waals surface area contributed by atoms with Crippen LogP contribution in [0, 0.1) is 22.7 Å². The van der Waals surface area contributed by atoms with E-state index in [0.717, 1.165) is 30.2 Å². The molecule has 0 aliphatic heterocycles. The van der Waals surface area contributed by atoms with E-state index in [-0.39, 0.29) is 0 Å². The molecule has 0 radical (unpaired) electrons. The van der Waals surface area contributed by atoms with E-state index in [1.807, 2.05) is 62.1 Å². The fourth-order valence-electron chi connectivity index (χ4n) is 2.75. The van der Waals surface area contributed by atoms with Crippen molar-refractivity contribution in [2.45, 2.75) is 20.8 Å². The van der Waals surface area contributed by atoms with Crippen molar-refractivity contribution in [1.82, 2.24) is 4.90 Å². The summed E-state index contributed by atoms with van der Waals surface area (Å²) >= 11 is 0. The number of rotatable bonds is 8. The fraction of sp³-hybridized carbons (Fsp3) is 0.364. The summed E-state index contributed by atoms with van der Waals surface area (Å²) in [6, 6.07) is 10.4. The van der Waals surface area contributed by atoms with Gasteiger partial charge in [-0.15, -0.1) is 0 Å². The van der Waals surface area contributed by atoms with Crippen LogP contribution in [0.4, 0.5) is 11.4 Å². The monoisotopic (exact) mass is 363 g/mol. The minimum absolute atomic E-state index is 0.496. The van der Waals surface area contributed by atoms with Crippen molar-refractivity contribution in [3.8, 4) is 12.1 Å². The SMILES string of the molecule is C=C/C(=C(C#N)\C=C(/C)N(C)C)N(C)c1ccc(N(CC)CC)cc1C#N. The lowest BCUT2D eigenvalue weighted by atomic mass is 10.1.